The molecule has 0 atom stereocenters. The van der Waals surface area contributed by atoms with Gasteiger partial charge in [-0.25, -0.2) is 14.8 Å². The summed E-state index contributed by atoms with van der Waals surface area (Å²) in [4.78, 5) is 25.3. The van der Waals surface area contributed by atoms with E-state index in [0.29, 0.717) is 16.9 Å². The van der Waals surface area contributed by atoms with Gasteiger partial charge in [0.2, 0.25) is 5.95 Å². The third-order valence-electron chi connectivity index (χ3n) is 3.88. The minimum Gasteiger partial charge on any atom is -0.453 e. The number of aromatic amines is 2. The van der Waals surface area contributed by atoms with Gasteiger partial charge in [-0.15, -0.1) is 8.42 Å². The molecule has 2 aromatic carbocycles. The van der Waals surface area contributed by atoms with Gasteiger partial charge < -0.3 is 23.1 Å². The molecule has 0 bridgehead atoms. The number of carbonyl (C=O) groups excluding carboxylic acids is 1. The maximum atomic E-state index is 12.2. The van der Waals surface area contributed by atoms with E-state index in [2.05, 4.69) is 30.0 Å². The van der Waals surface area contributed by atoms with Crippen LogP contribution in [0.1, 0.15) is 0 Å². The van der Waals surface area contributed by atoms with E-state index in [9.17, 15) is 13.2 Å². The number of hydrogen-bond donors (Lipinski definition) is 3. The normalized spacial score (nSPS) is 11.2. The number of amides is 1. The van der Waals surface area contributed by atoms with Gasteiger partial charge in [-0.05, 0) is 36.4 Å². The van der Waals surface area contributed by atoms with Gasteiger partial charge in [-0.2, -0.15) is 0 Å². The van der Waals surface area contributed by atoms with Crippen molar-refractivity contribution in [3.05, 3.63) is 54.9 Å². The molecule has 0 spiro atoms. The summed E-state index contributed by atoms with van der Waals surface area (Å²) < 4.78 is 39.0. The van der Waals surface area contributed by atoms with Gasteiger partial charge in [0, 0.05) is 24.0 Å². The lowest BCUT2D eigenvalue weighted by Crippen LogP contribution is -2.16. The van der Waals surface area contributed by atoms with Gasteiger partial charge in [0.05, 0.1) is 18.1 Å². The Balaban J connectivity index is 1.47. The summed E-state index contributed by atoms with van der Waals surface area (Å²) in [6, 6.07) is 10.6. The Morgan fingerprint density at radius 3 is 2.50 bits per heavy atom. The highest BCUT2D eigenvalue weighted by Crippen LogP contribution is 2.24. The number of nitrogens with zero attached hydrogens (tertiary/aromatic N) is 2. The van der Waals surface area contributed by atoms with Crippen LogP contribution in [-0.2, 0) is 15.1 Å². The van der Waals surface area contributed by atoms with Crippen molar-refractivity contribution >= 4 is 33.5 Å². The van der Waals surface area contributed by atoms with Crippen LogP contribution in [0.4, 0.5) is 10.7 Å². The molecule has 0 aliphatic rings. The first-order chi connectivity index (χ1) is 14.4. The van der Waals surface area contributed by atoms with Crippen LogP contribution in [0.5, 0.6) is 11.5 Å². The summed E-state index contributed by atoms with van der Waals surface area (Å²) in [6.45, 7) is 0. The van der Waals surface area contributed by atoms with E-state index in [1.54, 1.807) is 24.5 Å². The minimum absolute atomic E-state index is 0.00275. The summed E-state index contributed by atoms with van der Waals surface area (Å²) in [6.07, 6.45) is 2.60. The lowest BCUT2D eigenvalue weighted by atomic mass is 10.2. The number of aromatic nitrogens is 4. The number of rotatable bonds is 6. The van der Waals surface area contributed by atoms with E-state index >= 15 is 0 Å². The van der Waals surface area contributed by atoms with Gasteiger partial charge in [0.15, 0.2) is 0 Å². The number of imidazole rings is 2. The summed E-state index contributed by atoms with van der Waals surface area (Å²) in [5.74, 6) is 0.875. The second-order valence-electron chi connectivity index (χ2n) is 5.92. The molecule has 30 heavy (non-hydrogen) atoms. The largest absolute Gasteiger partial charge is 0.500 e. The Labute approximate surface area is 170 Å². The number of methoxy groups -OCH3 is 1. The molecule has 1 amide bonds. The van der Waals surface area contributed by atoms with Crippen LogP contribution in [0.2, 0.25) is 0 Å². The van der Waals surface area contributed by atoms with Crippen LogP contribution in [0, 0.1) is 0 Å². The molecular weight excluding hydrogens is 414 g/mol. The number of anilines is 1. The molecule has 0 unspecified atom stereocenters. The molecule has 3 N–H and O–H groups in total. The standard InChI is InChI=1S/C18H15N5O6S/c1-27-18(24)23-17-21-14-7-6-13(10-15(14)22-17)29-30(25,26)28-12-4-2-11(3-5-12)16-19-8-9-20-16/h2-10H,1H3,(H,19,20)(H2,21,22,23,24). The van der Waals surface area contributed by atoms with Crippen LogP contribution in [0.15, 0.2) is 54.9 Å². The van der Waals surface area contributed by atoms with Crippen LogP contribution < -0.4 is 13.7 Å². The van der Waals surface area contributed by atoms with Gasteiger partial charge >= 0.3 is 16.5 Å². The maximum absolute atomic E-state index is 12.2. The summed E-state index contributed by atoms with van der Waals surface area (Å²) in [7, 11) is -3.17. The number of nitrogens with one attached hydrogen (secondary N) is 3. The molecule has 2 aromatic heterocycles. The summed E-state index contributed by atoms with van der Waals surface area (Å²) in [5.41, 5.74) is 1.70. The zero-order valence-electron chi connectivity index (χ0n) is 15.4. The number of ether oxygens (including phenoxy) is 1. The molecule has 12 heteroatoms. The van der Waals surface area contributed by atoms with Crippen molar-refractivity contribution in [3.8, 4) is 22.9 Å². The fourth-order valence-corrected chi connectivity index (χ4v) is 3.31. The van der Waals surface area contributed by atoms with E-state index in [0.717, 1.165) is 5.56 Å². The predicted molar refractivity (Wildman–Crippen MR) is 106 cm³/mol. The zero-order valence-corrected chi connectivity index (χ0v) is 16.3. The molecule has 2 heterocycles. The third-order valence-corrected chi connectivity index (χ3v) is 4.67. The van der Waals surface area contributed by atoms with E-state index in [1.807, 2.05) is 0 Å². The second kappa shape index (κ2) is 7.75. The van der Waals surface area contributed by atoms with Crippen molar-refractivity contribution in [2.45, 2.75) is 0 Å². The molecule has 154 valence electrons. The van der Waals surface area contributed by atoms with Gasteiger partial charge in [0.25, 0.3) is 0 Å². The Morgan fingerprint density at radius 2 is 1.80 bits per heavy atom. The molecular formula is C18H15N5O6S. The third kappa shape index (κ3) is 4.33. The highest BCUT2D eigenvalue weighted by atomic mass is 32.3. The van der Waals surface area contributed by atoms with Crippen LogP contribution >= 0.6 is 0 Å². The monoisotopic (exact) mass is 429 g/mol. The smallest absolute Gasteiger partial charge is 0.453 e. The van der Waals surface area contributed by atoms with Crippen molar-refractivity contribution in [3.63, 3.8) is 0 Å². The van der Waals surface area contributed by atoms with Crippen molar-refractivity contribution in [1.29, 1.82) is 0 Å². The first-order valence-electron chi connectivity index (χ1n) is 8.50. The van der Waals surface area contributed by atoms with Crippen LogP contribution in [-0.4, -0.2) is 41.6 Å². The number of H-pyrrole nitrogens is 2. The Morgan fingerprint density at radius 1 is 1.07 bits per heavy atom. The van der Waals surface area contributed by atoms with Gasteiger partial charge in [-0.1, -0.05) is 0 Å². The Hall–Kier alpha value is -4.06. The van der Waals surface area contributed by atoms with Crippen molar-refractivity contribution in [2.24, 2.45) is 0 Å². The highest BCUT2D eigenvalue weighted by Gasteiger charge is 2.17. The predicted octanol–water partition coefficient (Wildman–Crippen LogP) is 2.83. The fourth-order valence-electron chi connectivity index (χ4n) is 2.59. The van der Waals surface area contributed by atoms with Gasteiger partial charge in [0.1, 0.15) is 17.3 Å². The van der Waals surface area contributed by atoms with Crippen LogP contribution in [0.25, 0.3) is 22.4 Å². The van der Waals surface area contributed by atoms with Crippen molar-refractivity contribution in [2.75, 3.05) is 12.4 Å². The minimum atomic E-state index is -4.39. The first-order valence-corrected chi connectivity index (χ1v) is 9.84. The molecule has 0 aliphatic carbocycles. The number of benzene rings is 2. The summed E-state index contributed by atoms with van der Waals surface area (Å²) >= 11 is 0. The average Bonchev–Trinajstić information content (AvgIpc) is 3.37. The number of carbonyl (C=O) groups is 1. The zero-order chi connectivity index (χ0) is 21.1. The topological polar surface area (TPSA) is 148 Å². The second-order valence-corrected chi connectivity index (χ2v) is 7.07. The molecule has 0 saturated carbocycles. The molecule has 0 aliphatic heterocycles. The Kier molecular flexibility index (Phi) is 4.98. The number of fused-ring (bicyclic) bond motifs is 1. The van der Waals surface area contributed by atoms with Gasteiger partial charge in [-0.3, -0.25) is 5.32 Å². The summed E-state index contributed by atoms with van der Waals surface area (Å²) in [5, 5.41) is 2.38. The molecule has 0 radical (unpaired) electrons. The molecule has 0 saturated heterocycles. The van der Waals surface area contributed by atoms with E-state index in [1.165, 1.54) is 37.4 Å². The van der Waals surface area contributed by atoms with Crippen molar-refractivity contribution < 1.29 is 26.3 Å². The van der Waals surface area contributed by atoms with E-state index < -0.39 is 16.5 Å². The SMILES string of the molecule is COC(=O)Nc1nc2ccc(OS(=O)(=O)Oc3ccc(-c4ncc[nH]4)cc3)cc2[nH]1. The molecule has 4 aromatic rings. The lowest BCUT2D eigenvalue weighted by molar-refractivity contribution is 0.186. The lowest BCUT2D eigenvalue weighted by Gasteiger charge is -2.08. The van der Waals surface area contributed by atoms with E-state index in [4.69, 9.17) is 8.37 Å². The fraction of sp³-hybridized carbons (Fsp3) is 0.0556. The van der Waals surface area contributed by atoms with Crippen LogP contribution in [0.3, 0.4) is 0 Å². The molecule has 4 rings (SSSR count). The highest BCUT2D eigenvalue weighted by molar-refractivity contribution is 7.82. The Bertz CT molecular complexity index is 1280. The molecule has 0 fully saturated rings. The first kappa shape index (κ1) is 19.3. The quantitative estimate of drug-likeness (QED) is 0.424. The number of hydrogen-bond acceptors (Lipinski definition) is 8. The van der Waals surface area contributed by atoms with E-state index in [-0.39, 0.29) is 17.4 Å². The average molecular weight is 429 g/mol. The van der Waals surface area contributed by atoms with Crippen molar-refractivity contribution in [1.82, 2.24) is 19.9 Å². The maximum Gasteiger partial charge on any atom is 0.500 e. The molecule has 11 nitrogen and oxygen atoms in total.